The van der Waals surface area contributed by atoms with Gasteiger partial charge in [-0.05, 0) is 41.8 Å². The Hall–Kier alpha value is -2.94. The van der Waals surface area contributed by atoms with Crippen LogP contribution in [0.15, 0.2) is 58.4 Å². The number of carbonyl (C=O) groups excluding carboxylic acids is 1. The van der Waals surface area contributed by atoms with E-state index in [9.17, 15) is 17.6 Å². The zero-order valence-corrected chi connectivity index (χ0v) is 17.9. The smallest absolute Gasteiger partial charge is 0.224 e. The maximum atomic E-state index is 12.9. The number of hydrogen-bond acceptors (Lipinski definition) is 4. The first kappa shape index (κ1) is 23.3. The van der Waals surface area contributed by atoms with Crippen LogP contribution in [-0.4, -0.2) is 53.2 Å². The van der Waals surface area contributed by atoms with Crippen LogP contribution in [0.3, 0.4) is 0 Å². The molecule has 2 aromatic carbocycles. The van der Waals surface area contributed by atoms with Crippen LogP contribution in [0.1, 0.15) is 11.1 Å². The molecule has 0 fully saturated rings. The minimum Gasteiger partial charge on any atom is -0.356 e. The molecule has 30 heavy (non-hydrogen) atoms. The fraction of sp³-hybridized carbons (Fsp3) is 0.333. The summed E-state index contributed by atoms with van der Waals surface area (Å²) in [5.74, 6) is 0.146. The second kappa shape index (κ2) is 11.3. The first-order valence-corrected chi connectivity index (χ1v) is 11.4. The summed E-state index contributed by atoms with van der Waals surface area (Å²) < 4.78 is 35.8. The predicted molar refractivity (Wildman–Crippen MR) is 116 cm³/mol. The summed E-state index contributed by atoms with van der Waals surface area (Å²) in [6, 6.07) is 12.6. The third kappa shape index (κ3) is 8.20. The molecule has 7 nitrogen and oxygen atoms in total. The van der Waals surface area contributed by atoms with Gasteiger partial charge in [-0.2, -0.15) is 0 Å². The monoisotopic (exact) mass is 434 g/mol. The van der Waals surface area contributed by atoms with Crippen molar-refractivity contribution in [3.63, 3.8) is 0 Å². The van der Waals surface area contributed by atoms with Crippen LogP contribution in [0.5, 0.6) is 0 Å². The van der Waals surface area contributed by atoms with Crippen molar-refractivity contribution in [1.82, 2.24) is 16.0 Å². The molecule has 0 saturated heterocycles. The van der Waals surface area contributed by atoms with Crippen molar-refractivity contribution in [2.45, 2.75) is 17.7 Å². The van der Waals surface area contributed by atoms with Gasteiger partial charge < -0.3 is 16.0 Å². The van der Waals surface area contributed by atoms with Crippen molar-refractivity contribution >= 4 is 21.7 Å². The van der Waals surface area contributed by atoms with Crippen LogP contribution >= 0.6 is 0 Å². The number of rotatable bonds is 9. The largest absolute Gasteiger partial charge is 0.356 e. The number of hydrogen-bond donors (Lipinski definition) is 3. The van der Waals surface area contributed by atoms with E-state index in [1.807, 2.05) is 0 Å². The molecule has 162 valence electrons. The molecule has 0 radical (unpaired) electrons. The third-order valence-electron chi connectivity index (χ3n) is 4.30. The highest BCUT2D eigenvalue weighted by Crippen LogP contribution is 2.10. The van der Waals surface area contributed by atoms with Gasteiger partial charge in [0.05, 0.1) is 11.3 Å². The molecule has 3 N–H and O–H groups in total. The SMILES string of the molecule is CN=C(NCCNC(=O)Cc1ccc(F)cc1)NCCc1ccc(S(C)(=O)=O)cc1. The summed E-state index contributed by atoms with van der Waals surface area (Å²) in [7, 11) is -1.53. The Morgan fingerprint density at radius 2 is 1.47 bits per heavy atom. The van der Waals surface area contributed by atoms with E-state index in [0.717, 1.165) is 11.1 Å². The van der Waals surface area contributed by atoms with Crippen LogP contribution < -0.4 is 16.0 Å². The molecule has 0 heterocycles. The van der Waals surface area contributed by atoms with Crippen molar-refractivity contribution in [2.75, 3.05) is 32.9 Å². The highest BCUT2D eigenvalue weighted by atomic mass is 32.2. The van der Waals surface area contributed by atoms with E-state index >= 15 is 0 Å². The summed E-state index contributed by atoms with van der Waals surface area (Å²) in [6.07, 6.45) is 2.09. The molecule has 0 aliphatic carbocycles. The quantitative estimate of drug-likeness (QED) is 0.314. The molecule has 0 unspecified atom stereocenters. The maximum Gasteiger partial charge on any atom is 0.224 e. The van der Waals surface area contributed by atoms with Crippen LogP contribution in [-0.2, 0) is 27.5 Å². The summed E-state index contributed by atoms with van der Waals surface area (Å²) in [4.78, 5) is 16.3. The zero-order valence-electron chi connectivity index (χ0n) is 17.1. The van der Waals surface area contributed by atoms with Crippen LogP contribution in [0.4, 0.5) is 4.39 Å². The number of benzene rings is 2. The summed E-state index contributed by atoms with van der Waals surface area (Å²) >= 11 is 0. The Labute approximate surface area is 176 Å². The van der Waals surface area contributed by atoms with Gasteiger partial charge in [-0.3, -0.25) is 9.79 Å². The second-order valence-electron chi connectivity index (χ2n) is 6.75. The van der Waals surface area contributed by atoms with Crippen molar-refractivity contribution in [3.05, 3.63) is 65.5 Å². The Morgan fingerprint density at radius 3 is 2.07 bits per heavy atom. The van der Waals surface area contributed by atoms with Crippen LogP contribution in [0.2, 0.25) is 0 Å². The predicted octanol–water partition coefficient (Wildman–Crippen LogP) is 1.30. The molecule has 2 aromatic rings. The van der Waals surface area contributed by atoms with Crippen molar-refractivity contribution in [2.24, 2.45) is 4.99 Å². The van der Waals surface area contributed by atoms with E-state index in [1.165, 1.54) is 18.4 Å². The third-order valence-corrected chi connectivity index (χ3v) is 5.43. The fourth-order valence-corrected chi connectivity index (χ4v) is 3.31. The van der Waals surface area contributed by atoms with Gasteiger partial charge >= 0.3 is 0 Å². The lowest BCUT2D eigenvalue weighted by Gasteiger charge is -2.12. The van der Waals surface area contributed by atoms with Gasteiger partial charge in [-0.15, -0.1) is 0 Å². The molecule has 0 spiro atoms. The molecule has 0 atom stereocenters. The minimum absolute atomic E-state index is 0.135. The summed E-state index contributed by atoms with van der Waals surface area (Å²) in [5, 5.41) is 9.07. The first-order valence-electron chi connectivity index (χ1n) is 9.52. The molecule has 0 aliphatic heterocycles. The zero-order chi connectivity index (χ0) is 22.0. The number of halogens is 1. The topological polar surface area (TPSA) is 99.7 Å². The van der Waals surface area contributed by atoms with Gasteiger partial charge in [0.15, 0.2) is 15.8 Å². The number of guanidine groups is 1. The lowest BCUT2D eigenvalue weighted by Crippen LogP contribution is -2.42. The first-order chi connectivity index (χ1) is 14.3. The van der Waals surface area contributed by atoms with E-state index in [4.69, 9.17) is 0 Å². The highest BCUT2D eigenvalue weighted by Gasteiger charge is 2.06. The molecule has 0 saturated carbocycles. The van der Waals surface area contributed by atoms with Gasteiger partial charge in [0, 0.05) is 32.9 Å². The molecular formula is C21H27FN4O3S. The van der Waals surface area contributed by atoms with Gasteiger partial charge in [-0.1, -0.05) is 24.3 Å². The molecule has 2 rings (SSSR count). The van der Waals surface area contributed by atoms with Gasteiger partial charge in [0.1, 0.15) is 5.82 Å². The van der Waals surface area contributed by atoms with Gasteiger partial charge in [0.2, 0.25) is 5.91 Å². The van der Waals surface area contributed by atoms with Crippen LogP contribution in [0.25, 0.3) is 0 Å². The number of carbonyl (C=O) groups is 1. The van der Waals surface area contributed by atoms with Crippen molar-refractivity contribution < 1.29 is 17.6 Å². The highest BCUT2D eigenvalue weighted by molar-refractivity contribution is 7.90. The van der Waals surface area contributed by atoms with Gasteiger partial charge in [0.25, 0.3) is 0 Å². The Balaban J connectivity index is 1.65. The maximum absolute atomic E-state index is 12.9. The molecular weight excluding hydrogens is 407 g/mol. The van der Waals surface area contributed by atoms with Crippen molar-refractivity contribution in [1.29, 1.82) is 0 Å². The Morgan fingerprint density at radius 1 is 0.900 bits per heavy atom. The summed E-state index contributed by atoms with van der Waals surface area (Å²) in [6.45, 7) is 1.54. The van der Waals surface area contributed by atoms with Gasteiger partial charge in [-0.25, -0.2) is 12.8 Å². The molecule has 0 bridgehead atoms. The van der Waals surface area contributed by atoms with E-state index < -0.39 is 9.84 Å². The molecule has 9 heteroatoms. The van der Waals surface area contributed by atoms with E-state index in [1.54, 1.807) is 43.4 Å². The van der Waals surface area contributed by atoms with E-state index in [2.05, 4.69) is 20.9 Å². The lowest BCUT2D eigenvalue weighted by molar-refractivity contribution is -0.120. The van der Waals surface area contributed by atoms with Crippen LogP contribution in [0, 0.1) is 5.82 Å². The Bertz CT molecular complexity index is 959. The average molecular weight is 435 g/mol. The minimum atomic E-state index is -3.19. The molecule has 1 amide bonds. The second-order valence-corrected chi connectivity index (χ2v) is 8.76. The van der Waals surface area contributed by atoms with E-state index in [-0.39, 0.29) is 18.1 Å². The average Bonchev–Trinajstić information content (AvgIpc) is 2.71. The number of nitrogens with zero attached hydrogens (tertiary/aromatic N) is 1. The number of nitrogens with one attached hydrogen (secondary N) is 3. The lowest BCUT2D eigenvalue weighted by atomic mass is 10.1. The summed E-state index contributed by atoms with van der Waals surface area (Å²) in [5.41, 5.74) is 1.77. The Kier molecular flexibility index (Phi) is 8.79. The number of sulfone groups is 1. The number of amides is 1. The fourth-order valence-electron chi connectivity index (χ4n) is 2.68. The standard InChI is InChI=1S/C21H27FN4O3S/c1-23-21(25-12-11-16-5-9-19(10-6-16)30(2,28)29)26-14-13-24-20(27)15-17-3-7-18(22)8-4-17/h3-10H,11-15H2,1-2H3,(H,24,27)(H2,23,25,26). The molecule has 0 aromatic heterocycles. The number of aliphatic imine (C=N–C) groups is 1. The normalized spacial score (nSPS) is 11.8. The molecule has 0 aliphatic rings. The van der Waals surface area contributed by atoms with Crippen molar-refractivity contribution in [3.8, 4) is 0 Å². The van der Waals surface area contributed by atoms with E-state index in [0.29, 0.717) is 36.9 Å².